The molecule has 1 aliphatic rings. The molecule has 1 aliphatic carbocycles. The lowest BCUT2D eigenvalue weighted by atomic mass is 9.82. The molecule has 0 saturated heterocycles. The van der Waals surface area contributed by atoms with Crippen LogP contribution in [0.3, 0.4) is 0 Å². The largest absolute Gasteiger partial charge is 0.373 e. The van der Waals surface area contributed by atoms with E-state index in [1.807, 2.05) is 13.1 Å². The van der Waals surface area contributed by atoms with Gasteiger partial charge in [-0.05, 0) is 44.5 Å². The molecule has 1 fully saturated rings. The molecule has 0 spiro atoms. The molecule has 0 bridgehead atoms. The Kier molecular flexibility index (Phi) is 4.29. The quantitative estimate of drug-likeness (QED) is 0.869. The van der Waals surface area contributed by atoms with E-state index in [4.69, 9.17) is 10.00 Å². The zero-order valence-corrected chi connectivity index (χ0v) is 10.4. The maximum absolute atomic E-state index is 13.6. The lowest BCUT2D eigenvalue weighted by Gasteiger charge is -2.35. The van der Waals surface area contributed by atoms with Gasteiger partial charge in [-0.25, -0.2) is 4.39 Å². The molecule has 96 valence electrons. The van der Waals surface area contributed by atoms with Crippen molar-refractivity contribution in [3.8, 4) is 6.07 Å². The second-order valence-electron chi connectivity index (χ2n) is 4.75. The Hall–Kier alpha value is -1.44. The predicted octanol–water partition coefficient (Wildman–Crippen LogP) is 2.21. The van der Waals surface area contributed by atoms with E-state index in [1.165, 1.54) is 6.07 Å². The minimum Gasteiger partial charge on any atom is -0.373 e. The molecule has 0 aromatic heterocycles. The van der Waals surface area contributed by atoms with Crippen LogP contribution in [-0.4, -0.2) is 19.7 Å². The molecule has 0 radical (unpaired) electrons. The van der Waals surface area contributed by atoms with Crippen LogP contribution in [0.25, 0.3) is 0 Å². The molecule has 1 aromatic rings. The van der Waals surface area contributed by atoms with Crippen molar-refractivity contribution in [2.75, 3.05) is 13.6 Å². The summed E-state index contributed by atoms with van der Waals surface area (Å²) in [6, 6.07) is 6.41. The van der Waals surface area contributed by atoms with Crippen molar-refractivity contribution in [3.63, 3.8) is 0 Å². The van der Waals surface area contributed by atoms with E-state index in [9.17, 15) is 4.39 Å². The summed E-state index contributed by atoms with van der Waals surface area (Å²) in [5.74, 6) is 0.325. The van der Waals surface area contributed by atoms with Crippen LogP contribution >= 0.6 is 0 Å². The molecular weight excluding hydrogens is 231 g/mol. The van der Waals surface area contributed by atoms with Crippen LogP contribution in [0.1, 0.15) is 24.0 Å². The zero-order valence-electron chi connectivity index (χ0n) is 10.4. The molecule has 1 saturated carbocycles. The Morgan fingerprint density at radius 3 is 2.89 bits per heavy atom. The summed E-state index contributed by atoms with van der Waals surface area (Å²) in [5.41, 5.74) is 0.861. The van der Waals surface area contributed by atoms with Gasteiger partial charge >= 0.3 is 0 Å². The van der Waals surface area contributed by atoms with Crippen LogP contribution in [0, 0.1) is 23.1 Å². The first-order chi connectivity index (χ1) is 8.72. The summed E-state index contributed by atoms with van der Waals surface area (Å²) in [5, 5.41) is 11.8. The van der Waals surface area contributed by atoms with Crippen molar-refractivity contribution < 1.29 is 9.13 Å². The second-order valence-corrected chi connectivity index (χ2v) is 4.75. The van der Waals surface area contributed by atoms with Gasteiger partial charge in [0.15, 0.2) is 0 Å². The number of rotatable bonds is 5. The van der Waals surface area contributed by atoms with Crippen LogP contribution in [-0.2, 0) is 11.3 Å². The van der Waals surface area contributed by atoms with Gasteiger partial charge in [-0.3, -0.25) is 0 Å². The SMILES string of the molecule is CNCC1CC(OCc2ccc(C#N)cc2F)C1. The number of nitrogens with zero attached hydrogens (tertiary/aromatic N) is 1. The van der Waals surface area contributed by atoms with Crippen LogP contribution in [0.15, 0.2) is 18.2 Å². The third-order valence-corrected chi connectivity index (χ3v) is 3.34. The summed E-state index contributed by atoms with van der Waals surface area (Å²) in [6.45, 7) is 1.31. The lowest BCUT2D eigenvalue weighted by molar-refractivity contribution is -0.0399. The Bertz CT molecular complexity index is 450. The topological polar surface area (TPSA) is 45.0 Å². The van der Waals surface area contributed by atoms with Crippen molar-refractivity contribution >= 4 is 0 Å². The minimum atomic E-state index is -0.361. The van der Waals surface area contributed by atoms with Crippen molar-refractivity contribution in [1.29, 1.82) is 5.26 Å². The summed E-state index contributed by atoms with van der Waals surface area (Å²) >= 11 is 0. The Balaban J connectivity index is 1.80. The van der Waals surface area contributed by atoms with E-state index in [0.717, 1.165) is 19.4 Å². The van der Waals surface area contributed by atoms with Gasteiger partial charge in [0, 0.05) is 5.56 Å². The highest BCUT2D eigenvalue weighted by Gasteiger charge is 2.29. The molecule has 0 unspecified atom stereocenters. The first-order valence-electron chi connectivity index (χ1n) is 6.17. The minimum absolute atomic E-state index is 0.249. The average Bonchev–Trinajstić information content (AvgIpc) is 2.33. The standard InChI is InChI=1S/C14H17FN2O/c1-17-8-11-4-13(5-11)18-9-12-3-2-10(7-16)6-14(12)15/h2-3,6,11,13,17H,4-5,8-9H2,1H3. The fourth-order valence-corrected chi connectivity index (χ4v) is 2.21. The van der Waals surface area contributed by atoms with Gasteiger partial charge in [-0.2, -0.15) is 5.26 Å². The zero-order chi connectivity index (χ0) is 13.0. The van der Waals surface area contributed by atoms with E-state index in [1.54, 1.807) is 12.1 Å². The number of ether oxygens (including phenoxy) is 1. The van der Waals surface area contributed by atoms with Gasteiger partial charge in [0.05, 0.1) is 24.3 Å². The van der Waals surface area contributed by atoms with Crippen LogP contribution in [0.5, 0.6) is 0 Å². The van der Waals surface area contributed by atoms with Gasteiger partial charge in [0.25, 0.3) is 0 Å². The highest BCUT2D eigenvalue weighted by atomic mass is 19.1. The van der Waals surface area contributed by atoms with Crippen molar-refractivity contribution in [3.05, 3.63) is 35.1 Å². The summed E-state index contributed by atoms with van der Waals surface area (Å²) < 4.78 is 19.2. The normalized spacial score (nSPS) is 22.3. The first-order valence-corrected chi connectivity index (χ1v) is 6.17. The fraction of sp³-hybridized carbons (Fsp3) is 0.500. The van der Waals surface area contributed by atoms with E-state index < -0.39 is 0 Å². The molecule has 0 heterocycles. The van der Waals surface area contributed by atoms with Gasteiger partial charge in [0.1, 0.15) is 5.82 Å². The summed E-state index contributed by atoms with van der Waals surface area (Å²) in [6.07, 6.45) is 2.33. The molecule has 0 amide bonds. The molecule has 0 atom stereocenters. The third-order valence-electron chi connectivity index (χ3n) is 3.34. The predicted molar refractivity (Wildman–Crippen MR) is 66.3 cm³/mol. The van der Waals surface area contributed by atoms with E-state index in [-0.39, 0.29) is 18.5 Å². The highest BCUT2D eigenvalue weighted by molar-refractivity contribution is 5.32. The average molecular weight is 248 g/mol. The monoisotopic (exact) mass is 248 g/mol. The van der Waals surface area contributed by atoms with Gasteiger partial charge in [0.2, 0.25) is 0 Å². The molecule has 1 N–H and O–H groups in total. The van der Waals surface area contributed by atoms with Crippen LogP contribution in [0.2, 0.25) is 0 Å². The van der Waals surface area contributed by atoms with E-state index in [0.29, 0.717) is 17.0 Å². The lowest BCUT2D eigenvalue weighted by Crippen LogP contribution is -2.36. The molecule has 3 nitrogen and oxygen atoms in total. The number of nitriles is 1. The van der Waals surface area contributed by atoms with Crippen molar-refractivity contribution in [2.45, 2.75) is 25.6 Å². The molecule has 4 heteroatoms. The number of benzene rings is 1. The maximum atomic E-state index is 13.6. The molecular formula is C14H17FN2O. The summed E-state index contributed by atoms with van der Waals surface area (Å²) in [7, 11) is 1.94. The Labute approximate surface area is 107 Å². The Morgan fingerprint density at radius 2 is 2.28 bits per heavy atom. The fourth-order valence-electron chi connectivity index (χ4n) is 2.21. The maximum Gasteiger partial charge on any atom is 0.130 e. The highest BCUT2D eigenvalue weighted by Crippen LogP contribution is 2.30. The second kappa shape index (κ2) is 5.94. The smallest absolute Gasteiger partial charge is 0.130 e. The number of hydrogen-bond acceptors (Lipinski definition) is 3. The van der Waals surface area contributed by atoms with Crippen LogP contribution in [0.4, 0.5) is 4.39 Å². The summed E-state index contributed by atoms with van der Waals surface area (Å²) in [4.78, 5) is 0. The van der Waals surface area contributed by atoms with Gasteiger partial charge in [-0.1, -0.05) is 6.07 Å². The third kappa shape index (κ3) is 3.06. The van der Waals surface area contributed by atoms with Gasteiger partial charge < -0.3 is 10.1 Å². The molecule has 18 heavy (non-hydrogen) atoms. The Morgan fingerprint density at radius 1 is 1.50 bits per heavy atom. The van der Waals surface area contributed by atoms with Gasteiger partial charge in [-0.15, -0.1) is 0 Å². The molecule has 2 rings (SSSR count). The van der Waals surface area contributed by atoms with E-state index >= 15 is 0 Å². The first kappa shape index (κ1) is 13.0. The number of nitrogens with one attached hydrogen (secondary N) is 1. The van der Waals surface area contributed by atoms with Crippen LogP contribution < -0.4 is 5.32 Å². The van der Waals surface area contributed by atoms with E-state index in [2.05, 4.69) is 5.32 Å². The number of halogens is 1. The van der Waals surface area contributed by atoms with Crippen molar-refractivity contribution in [1.82, 2.24) is 5.32 Å². The number of hydrogen-bond donors (Lipinski definition) is 1. The molecule has 0 aliphatic heterocycles. The molecule has 1 aromatic carbocycles. The van der Waals surface area contributed by atoms with Crippen molar-refractivity contribution in [2.24, 2.45) is 5.92 Å².